The maximum Gasteiger partial charge on any atom is 0.331 e. The molecule has 1 aliphatic rings. The minimum atomic E-state index is -0.628. The summed E-state index contributed by atoms with van der Waals surface area (Å²) in [6.07, 6.45) is 7.34. The van der Waals surface area contributed by atoms with E-state index in [4.69, 9.17) is 23.7 Å². The molecule has 0 N–H and O–H groups in total. The maximum absolute atomic E-state index is 12.9. The maximum atomic E-state index is 12.9. The molecule has 5 aromatic rings. The molecule has 0 atom stereocenters. The third-order valence-electron chi connectivity index (χ3n) is 8.17. The number of carbonyl (C=O) groups excluding carboxylic acids is 2. The van der Waals surface area contributed by atoms with Crippen LogP contribution in [-0.4, -0.2) is 44.5 Å². The molecule has 0 unspecified atom stereocenters. The van der Waals surface area contributed by atoms with Gasteiger partial charge in [-0.05, 0) is 83.1 Å². The van der Waals surface area contributed by atoms with Crippen LogP contribution in [0.3, 0.4) is 0 Å². The number of fused-ring (bicyclic) bond motifs is 7. The fourth-order valence-corrected chi connectivity index (χ4v) is 5.76. The van der Waals surface area contributed by atoms with Gasteiger partial charge in [-0.2, -0.15) is 0 Å². The number of hydrogen-bond acceptors (Lipinski definition) is 7. The van der Waals surface area contributed by atoms with Crippen molar-refractivity contribution in [2.45, 2.75) is 31.8 Å². The average Bonchev–Trinajstić information content (AvgIpc) is 3.20. The number of esters is 2. The van der Waals surface area contributed by atoms with Crippen molar-refractivity contribution in [2.24, 2.45) is 0 Å². The Bertz CT molecular complexity index is 1840. The predicted octanol–water partition coefficient (Wildman–Crippen LogP) is 8.72. The van der Waals surface area contributed by atoms with Crippen molar-refractivity contribution in [1.82, 2.24) is 0 Å². The molecule has 0 bridgehead atoms. The van der Waals surface area contributed by atoms with Gasteiger partial charge in [0.25, 0.3) is 0 Å². The van der Waals surface area contributed by atoms with E-state index >= 15 is 0 Å². The quantitative estimate of drug-likeness (QED) is 0.0765. The zero-order chi connectivity index (χ0) is 33.1. The Morgan fingerprint density at radius 1 is 0.688 bits per heavy atom. The molecule has 244 valence electrons. The minimum absolute atomic E-state index is 0.144. The summed E-state index contributed by atoms with van der Waals surface area (Å²) in [6, 6.07) is 32.1. The van der Waals surface area contributed by atoms with Gasteiger partial charge < -0.3 is 23.7 Å². The van der Waals surface area contributed by atoms with Crippen LogP contribution in [0.2, 0.25) is 0 Å². The molecule has 6 rings (SSSR count). The van der Waals surface area contributed by atoms with Crippen LogP contribution in [0.15, 0.2) is 116 Å². The largest absolute Gasteiger partial charge is 0.494 e. The van der Waals surface area contributed by atoms with Crippen LogP contribution in [-0.2, 0) is 19.1 Å². The van der Waals surface area contributed by atoms with Gasteiger partial charge in [-0.1, -0.05) is 79.4 Å². The minimum Gasteiger partial charge on any atom is -0.494 e. The topological polar surface area (TPSA) is 80.3 Å². The summed E-state index contributed by atoms with van der Waals surface area (Å²) in [5.74, 6) is 1.31. The molecule has 0 fully saturated rings. The monoisotopic (exact) mass is 642 g/mol. The molecule has 5 aromatic carbocycles. The summed E-state index contributed by atoms with van der Waals surface area (Å²) in [5.41, 5.74) is 2.77. The number of hydrogen-bond donors (Lipinski definition) is 0. The van der Waals surface area contributed by atoms with Crippen molar-refractivity contribution in [3.63, 3.8) is 0 Å². The van der Waals surface area contributed by atoms with Gasteiger partial charge in [0.2, 0.25) is 0 Å². The fourth-order valence-electron chi connectivity index (χ4n) is 5.76. The molecule has 1 heterocycles. The van der Waals surface area contributed by atoms with Crippen molar-refractivity contribution in [2.75, 3.05) is 26.4 Å². The molecule has 0 aromatic heterocycles. The van der Waals surface area contributed by atoms with Crippen LogP contribution in [0.4, 0.5) is 0 Å². The average molecular weight is 643 g/mol. The van der Waals surface area contributed by atoms with Crippen molar-refractivity contribution in [1.29, 1.82) is 0 Å². The molecule has 0 spiro atoms. The van der Waals surface area contributed by atoms with Gasteiger partial charge in [-0.3, -0.25) is 0 Å². The number of benzene rings is 5. The molecular weight excluding hydrogens is 604 g/mol. The summed E-state index contributed by atoms with van der Waals surface area (Å²) in [7, 11) is 0. The first kappa shape index (κ1) is 32.4. The van der Waals surface area contributed by atoms with E-state index in [0.717, 1.165) is 69.7 Å². The van der Waals surface area contributed by atoms with Gasteiger partial charge in [0, 0.05) is 23.3 Å². The lowest BCUT2D eigenvalue weighted by Gasteiger charge is -2.17. The Kier molecular flexibility index (Phi) is 10.7. The molecule has 7 nitrogen and oxygen atoms in total. The molecule has 0 saturated heterocycles. The smallest absolute Gasteiger partial charge is 0.331 e. The zero-order valence-corrected chi connectivity index (χ0v) is 26.8. The highest BCUT2D eigenvalue weighted by atomic mass is 16.6. The van der Waals surface area contributed by atoms with Crippen LogP contribution in [0.5, 0.6) is 17.2 Å². The Balaban J connectivity index is 1.06. The number of rotatable bonds is 12. The van der Waals surface area contributed by atoms with Crippen LogP contribution >= 0.6 is 0 Å². The van der Waals surface area contributed by atoms with Gasteiger partial charge in [-0.25, -0.2) is 9.59 Å². The third-order valence-corrected chi connectivity index (χ3v) is 8.17. The van der Waals surface area contributed by atoms with E-state index in [9.17, 15) is 9.59 Å². The van der Waals surface area contributed by atoms with E-state index in [2.05, 4.69) is 30.8 Å². The lowest BCUT2D eigenvalue weighted by atomic mass is 9.92. The first-order valence-electron chi connectivity index (χ1n) is 16.3. The van der Waals surface area contributed by atoms with E-state index in [1.54, 1.807) is 6.08 Å². The number of unbranched alkanes of at least 4 members (excludes halogenated alkanes) is 3. The highest BCUT2D eigenvalue weighted by Crippen LogP contribution is 2.46. The highest BCUT2D eigenvalue weighted by Gasteiger charge is 2.24. The summed E-state index contributed by atoms with van der Waals surface area (Å²) >= 11 is 0. The van der Waals surface area contributed by atoms with Crippen LogP contribution in [0.25, 0.3) is 38.7 Å². The first-order valence-corrected chi connectivity index (χ1v) is 16.3. The lowest BCUT2D eigenvalue weighted by Crippen LogP contribution is -2.30. The van der Waals surface area contributed by atoms with E-state index in [1.165, 1.54) is 12.2 Å². The van der Waals surface area contributed by atoms with Crippen molar-refractivity contribution in [3.05, 3.63) is 121 Å². The molecule has 7 heteroatoms. The first-order chi connectivity index (χ1) is 23.6. The van der Waals surface area contributed by atoms with E-state index in [0.29, 0.717) is 24.7 Å². The second-order valence-corrected chi connectivity index (χ2v) is 11.5. The van der Waals surface area contributed by atoms with Crippen LogP contribution < -0.4 is 14.2 Å². The van der Waals surface area contributed by atoms with Gasteiger partial charge in [0.1, 0.15) is 30.5 Å². The summed E-state index contributed by atoms with van der Waals surface area (Å²) < 4.78 is 29.4. The normalized spacial score (nSPS) is 12.9. The number of ether oxygens (including phenoxy) is 5. The summed E-state index contributed by atoms with van der Waals surface area (Å²) in [4.78, 5) is 24.0. The lowest BCUT2D eigenvalue weighted by molar-refractivity contribution is -0.146. The van der Waals surface area contributed by atoms with Crippen LogP contribution in [0, 0.1) is 0 Å². The zero-order valence-electron chi connectivity index (χ0n) is 26.8. The number of carbonyl (C=O) groups is 2. The summed E-state index contributed by atoms with van der Waals surface area (Å²) in [5, 5.41) is 4.32. The Hall–Kier alpha value is -5.56. The van der Waals surface area contributed by atoms with Crippen molar-refractivity contribution >= 4 is 39.6 Å². The van der Waals surface area contributed by atoms with E-state index in [1.807, 2.05) is 72.8 Å². The highest BCUT2D eigenvalue weighted by molar-refractivity contribution is 6.09. The van der Waals surface area contributed by atoms with Crippen LogP contribution in [0.1, 0.15) is 31.2 Å². The predicted molar refractivity (Wildman–Crippen MR) is 188 cm³/mol. The second-order valence-electron chi connectivity index (χ2n) is 11.5. The van der Waals surface area contributed by atoms with Gasteiger partial charge >= 0.3 is 11.9 Å². The standard InChI is InChI=1S/C41H38O7/c1-2-38(42)45-26-10-4-3-9-25-44-32-20-15-29(16-21-32)17-24-39(43)48-33-27-46-36-22-18-30-11-5-7-13-34(30)40(36)41-35-14-8-6-12-31(35)19-23-37(41)47-28-33/h2,5-8,11-24,33H,1,3-4,9-10,25-28H2. The van der Waals surface area contributed by atoms with Gasteiger partial charge in [-0.15, -0.1) is 0 Å². The molecule has 1 aliphatic heterocycles. The molecule has 0 amide bonds. The Morgan fingerprint density at radius 3 is 1.88 bits per heavy atom. The Labute approximate surface area is 280 Å². The van der Waals surface area contributed by atoms with E-state index < -0.39 is 12.1 Å². The molecule has 0 radical (unpaired) electrons. The molecule has 0 saturated carbocycles. The van der Waals surface area contributed by atoms with Crippen molar-refractivity contribution in [3.8, 4) is 28.4 Å². The SMILES string of the molecule is C=CC(=O)OCCCCCCOc1ccc(C=CC(=O)OC2COc3ccc4ccccc4c3-c3c(ccc4ccccc34)OC2)cc1. The second kappa shape index (κ2) is 15.8. The van der Waals surface area contributed by atoms with E-state index in [-0.39, 0.29) is 19.2 Å². The summed E-state index contributed by atoms with van der Waals surface area (Å²) in [6.45, 7) is 4.68. The Morgan fingerprint density at radius 2 is 1.27 bits per heavy atom. The van der Waals surface area contributed by atoms with Crippen molar-refractivity contribution < 1.29 is 33.3 Å². The molecule has 0 aliphatic carbocycles. The molecular formula is C41H38O7. The fraction of sp³-hybridized carbons (Fsp3) is 0.220. The van der Waals surface area contributed by atoms with Gasteiger partial charge in [0.15, 0.2) is 6.10 Å². The molecule has 48 heavy (non-hydrogen) atoms. The van der Waals surface area contributed by atoms with Gasteiger partial charge in [0.05, 0.1) is 13.2 Å². The third kappa shape index (κ3) is 8.04.